The molecule has 3 N–H and O–H groups in total. The number of nitrogens with one attached hydrogen (secondary N) is 1. The Morgan fingerprint density at radius 3 is 3.05 bits per heavy atom. The summed E-state index contributed by atoms with van der Waals surface area (Å²) in [6.45, 7) is 2.80. The molecule has 1 heterocycles. The molecular weight excluding hydrogens is 282 g/mol. The standard InChI is InChI=1S/C13H16ClN3OS/c1-8(4-5-15)19-7-12-16-11-3-2-9(14)6-10(11)13(18)17-12/h2-3,6,8H,4-5,7,15H2,1H3,(H,16,17,18). The Labute approximate surface area is 120 Å². The molecule has 19 heavy (non-hydrogen) atoms. The van der Waals surface area contributed by atoms with Gasteiger partial charge < -0.3 is 10.7 Å². The van der Waals surface area contributed by atoms with E-state index in [0.29, 0.717) is 39.3 Å². The third kappa shape index (κ3) is 3.72. The highest BCUT2D eigenvalue weighted by molar-refractivity contribution is 7.99. The van der Waals surface area contributed by atoms with E-state index in [1.54, 1.807) is 30.0 Å². The number of H-pyrrole nitrogens is 1. The van der Waals surface area contributed by atoms with Crippen LogP contribution >= 0.6 is 23.4 Å². The summed E-state index contributed by atoms with van der Waals surface area (Å²) in [7, 11) is 0. The molecule has 0 spiro atoms. The fraction of sp³-hybridized carbons (Fsp3) is 0.385. The highest BCUT2D eigenvalue weighted by atomic mass is 35.5. The number of benzene rings is 1. The Morgan fingerprint density at radius 1 is 1.53 bits per heavy atom. The summed E-state index contributed by atoms with van der Waals surface area (Å²) in [5, 5.41) is 1.52. The van der Waals surface area contributed by atoms with Crippen molar-refractivity contribution in [2.45, 2.75) is 24.3 Å². The van der Waals surface area contributed by atoms with Crippen molar-refractivity contribution < 1.29 is 0 Å². The first-order valence-electron chi connectivity index (χ1n) is 6.10. The zero-order valence-corrected chi connectivity index (χ0v) is 12.2. The van der Waals surface area contributed by atoms with Crippen molar-refractivity contribution in [3.05, 3.63) is 39.4 Å². The zero-order chi connectivity index (χ0) is 13.8. The molecule has 0 bridgehead atoms. The van der Waals surface area contributed by atoms with Crippen molar-refractivity contribution in [2.24, 2.45) is 5.73 Å². The first-order valence-corrected chi connectivity index (χ1v) is 7.53. The maximum absolute atomic E-state index is 11.9. The summed E-state index contributed by atoms with van der Waals surface area (Å²) in [5.41, 5.74) is 6.04. The van der Waals surface area contributed by atoms with E-state index >= 15 is 0 Å². The van der Waals surface area contributed by atoms with Crippen molar-refractivity contribution in [1.29, 1.82) is 0 Å². The molecule has 102 valence electrons. The molecule has 2 rings (SSSR count). The second kappa shape index (κ2) is 6.41. The quantitative estimate of drug-likeness (QED) is 0.889. The van der Waals surface area contributed by atoms with Crippen LogP contribution in [0.2, 0.25) is 5.02 Å². The van der Waals surface area contributed by atoms with Crippen LogP contribution < -0.4 is 11.3 Å². The molecule has 1 unspecified atom stereocenters. The zero-order valence-electron chi connectivity index (χ0n) is 10.6. The van der Waals surface area contributed by atoms with Crippen molar-refractivity contribution >= 4 is 34.3 Å². The van der Waals surface area contributed by atoms with Crippen LogP contribution in [0.3, 0.4) is 0 Å². The third-order valence-corrected chi connectivity index (χ3v) is 4.27. The SMILES string of the molecule is CC(CCN)SCc1nc2ccc(Cl)cc2c(=O)[nH]1. The Balaban J connectivity index is 2.21. The molecule has 6 heteroatoms. The van der Waals surface area contributed by atoms with Gasteiger partial charge in [0.15, 0.2) is 0 Å². The van der Waals surface area contributed by atoms with Crippen molar-refractivity contribution in [1.82, 2.24) is 9.97 Å². The Bertz CT molecular complexity index is 629. The number of fused-ring (bicyclic) bond motifs is 1. The minimum Gasteiger partial charge on any atom is -0.330 e. The molecule has 1 atom stereocenters. The van der Waals surface area contributed by atoms with Gasteiger partial charge in [0, 0.05) is 10.3 Å². The summed E-state index contributed by atoms with van der Waals surface area (Å²) in [6, 6.07) is 5.14. The number of halogens is 1. The Morgan fingerprint density at radius 2 is 2.32 bits per heavy atom. The second-order valence-corrected chi connectivity index (χ2v) is 6.24. The number of hydrogen-bond donors (Lipinski definition) is 2. The lowest BCUT2D eigenvalue weighted by Crippen LogP contribution is -2.12. The average Bonchev–Trinajstić information content (AvgIpc) is 2.38. The molecule has 4 nitrogen and oxygen atoms in total. The smallest absolute Gasteiger partial charge is 0.258 e. The van der Waals surface area contributed by atoms with Gasteiger partial charge in [-0.15, -0.1) is 0 Å². The van der Waals surface area contributed by atoms with Gasteiger partial charge in [-0.2, -0.15) is 11.8 Å². The summed E-state index contributed by atoms with van der Waals surface area (Å²) in [4.78, 5) is 19.2. The van der Waals surface area contributed by atoms with E-state index in [0.717, 1.165) is 6.42 Å². The highest BCUT2D eigenvalue weighted by Gasteiger charge is 2.07. The molecule has 1 aromatic carbocycles. The van der Waals surface area contributed by atoms with Crippen LogP contribution in [0.4, 0.5) is 0 Å². The fourth-order valence-corrected chi connectivity index (χ4v) is 2.82. The molecule has 1 aromatic heterocycles. The number of nitrogens with two attached hydrogens (primary N) is 1. The maximum Gasteiger partial charge on any atom is 0.258 e. The number of aromatic amines is 1. The van der Waals surface area contributed by atoms with Gasteiger partial charge in [0.2, 0.25) is 0 Å². The maximum atomic E-state index is 11.9. The van der Waals surface area contributed by atoms with Gasteiger partial charge in [-0.3, -0.25) is 4.79 Å². The van der Waals surface area contributed by atoms with E-state index in [4.69, 9.17) is 17.3 Å². The van der Waals surface area contributed by atoms with Crippen molar-refractivity contribution in [3.8, 4) is 0 Å². The Hall–Kier alpha value is -1.04. The molecule has 0 aliphatic carbocycles. The van der Waals surface area contributed by atoms with E-state index in [9.17, 15) is 4.79 Å². The van der Waals surface area contributed by atoms with Gasteiger partial charge in [-0.25, -0.2) is 4.98 Å². The minimum atomic E-state index is -0.144. The molecular formula is C13H16ClN3OS. The lowest BCUT2D eigenvalue weighted by atomic mass is 10.2. The van der Waals surface area contributed by atoms with Gasteiger partial charge in [0.25, 0.3) is 5.56 Å². The number of hydrogen-bond acceptors (Lipinski definition) is 4. The van der Waals surface area contributed by atoms with Crippen molar-refractivity contribution in [3.63, 3.8) is 0 Å². The van der Waals surface area contributed by atoms with Gasteiger partial charge in [-0.1, -0.05) is 18.5 Å². The minimum absolute atomic E-state index is 0.144. The second-order valence-electron chi connectivity index (χ2n) is 4.37. The van der Waals surface area contributed by atoms with Crippen LogP contribution in [0, 0.1) is 0 Å². The topological polar surface area (TPSA) is 71.8 Å². The lowest BCUT2D eigenvalue weighted by Gasteiger charge is -2.09. The first-order chi connectivity index (χ1) is 9.10. The van der Waals surface area contributed by atoms with Crippen LogP contribution in [-0.2, 0) is 5.75 Å². The third-order valence-electron chi connectivity index (χ3n) is 2.79. The molecule has 0 fully saturated rings. The van der Waals surface area contributed by atoms with E-state index in [2.05, 4.69) is 16.9 Å². The van der Waals surface area contributed by atoms with Gasteiger partial charge >= 0.3 is 0 Å². The van der Waals surface area contributed by atoms with Crippen molar-refractivity contribution in [2.75, 3.05) is 6.54 Å². The average molecular weight is 298 g/mol. The largest absolute Gasteiger partial charge is 0.330 e. The molecule has 0 radical (unpaired) electrons. The number of nitrogens with zero attached hydrogens (tertiary/aromatic N) is 1. The van der Waals surface area contributed by atoms with Crippen LogP contribution in [0.1, 0.15) is 19.2 Å². The van der Waals surface area contributed by atoms with Crippen LogP contribution in [-0.4, -0.2) is 21.8 Å². The lowest BCUT2D eigenvalue weighted by molar-refractivity contribution is 0.821. The first kappa shape index (κ1) is 14.4. The molecule has 2 aromatic rings. The van der Waals surface area contributed by atoms with E-state index in [-0.39, 0.29) is 5.56 Å². The summed E-state index contributed by atoms with van der Waals surface area (Å²) >= 11 is 7.61. The Kier molecular flexibility index (Phi) is 4.85. The van der Waals surface area contributed by atoms with E-state index in [1.165, 1.54) is 0 Å². The fourth-order valence-electron chi connectivity index (χ4n) is 1.77. The van der Waals surface area contributed by atoms with Crippen LogP contribution in [0.5, 0.6) is 0 Å². The summed E-state index contributed by atoms with van der Waals surface area (Å²) < 4.78 is 0. The molecule has 0 aliphatic rings. The molecule has 0 saturated heterocycles. The number of rotatable bonds is 5. The molecule has 0 saturated carbocycles. The predicted octanol–water partition coefficient (Wildman–Crippen LogP) is 2.55. The van der Waals surface area contributed by atoms with Gasteiger partial charge in [-0.05, 0) is 31.2 Å². The molecule has 0 aliphatic heterocycles. The van der Waals surface area contributed by atoms with E-state index in [1.807, 2.05) is 0 Å². The monoisotopic (exact) mass is 297 g/mol. The van der Waals surface area contributed by atoms with E-state index < -0.39 is 0 Å². The number of aromatic nitrogens is 2. The van der Waals surface area contributed by atoms with Crippen LogP contribution in [0.25, 0.3) is 10.9 Å². The predicted molar refractivity (Wildman–Crippen MR) is 81.8 cm³/mol. The number of thioether (sulfide) groups is 1. The van der Waals surface area contributed by atoms with Gasteiger partial charge in [0.1, 0.15) is 5.82 Å². The normalized spacial score (nSPS) is 12.8. The highest BCUT2D eigenvalue weighted by Crippen LogP contribution is 2.19. The van der Waals surface area contributed by atoms with Crippen LogP contribution in [0.15, 0.2) is 23.0 Å². The summed E-state index contributed by atoms with van der Waals surface area (Å²) in [5.74, 6) is 1.36. The molecule has 0 amide bonds. The summed E-state index contributed by atoms with van der Waals surface area (Å²) in [6.07, 6.45) is 0.956. The van der Waals surface area contributed by atoms with Gasteiger partial charge in [0.05, 0.1) is 16.7 Å².